The van der Waals surface area contributed by atoms with E-state index in [4.69, 9.17) is 0 Å². The fourth-order valence-electron chi connectivity index (χ4n) is 3.22. The highest BCUT2D eigenvalue weighted by Gasteiger charge is 2.47. The zero-order valence-electron chi connectivity index (χ0n) is 12.4. The molecule has 0 aliphatic carbocycles. The lowest BCUT2D eigenvalue weighted by Crippen LogP contribution is -2.46. The van der Waals surface area contributed by atoms with Gasteiger partial charge in [0.15, 0.2) is 0 Å². The van der Waals surface area contributed by atoms with Crippen LogP contribution in [0, 0.1) is 10.8 Å². The average Bonchev–Trinajstić information content (AvgIpc) is 2.71. The van der Waals surface area contributed by atoms with Crippen molar-refractivity contribution in [2.45, 2.75) is 33.6 Å². The summed E-state index contributed by atoms with van der Waals surface area (Å²) < 4.78 is 0. The van der Waals surface area contributed by atoms with Crippen LogP contribution in [0.2, 0.25) is 0 Å². The van der Waals surface area contributed by atoms with Gasteiger partial charge in [0.1, 0.15) is 5.84 Å². The first-order valence-corrected chi connectivity index (χ1v) is 6.77. The van der Waals surface area contributed by atoms with Gasteiger partial charge < -0.3 is 5.32 Å². The van der Waals surface area contributed by atoms with Crippen LogP contribution in [0.25, 0.3) is 0 Å². The Labute approximate surface area is 120 Å². The van der Waals surface area contributed by atoms with Gasteiger partial charge >= 0.3 is 0 Å². The molecule has 20 heavy (non-hydrogen) atoms. The van der Waals surface area contributed by atoms with E-state index in [1.165, 1.54) is 5.56 Å². The van der Waals surface area contributed by atoms with E-state index in [-0.39, 0.29) is 11.3 Å². The Morgan fingerprint density at radius 1 is 1.25 bits per heavy atom. The molecule has 1 amide bonds. The maximum Gasteiger partial charge on any atom is 0.212 e. The number of nitrogens with zero attached hydrogens (tertiary/aromatic N) is 2. The molecular weight excluding hydrogens is 250 g/mol. The number of amides is 1. The lowest BCUT2D eigenvalue weighted by atomic mass is 9.62. The molecule has 1 aliphatic rings. The lowest BCUT2D eigenvalue weighted by Gasteiger charge is -2.41. The molecule has 0 saturated carbocycles. The van der Waals surface area contributed by atoms with Crippen LogP contribution in [0.3, 0.4) is 0 Å². The molecule has 0 fully saturated rings. The highest BCUT2D eigenvalue weighted by Crippen LogP contribution is 2.48. The van der Waals surface area contributed by atoms with Gasteiger partial charge in [0.25, 0.3) is 0 Å². The number of carbonyl (C=O) groups is 1. The summed E-state index contributed by atoms with van der Waals surface area (Å²) in [6, 6.07) is 10.3. The Bertz CT molecular complexity index is 543. The predicted octanol–water partition coefficient (Wildman–Crippen LogP) is 2.97. The minimum absolute atomic E-state index is 0.00218. The van der Waals surface area contributed by atoms with Gasteiger partial charge in [-0.15, -0.1) is 5.10 Å². The molecule has 1 aliphatic heterocycles. The minimum Gasteiger partial charge on any atom is -0.315 e. The number of carbonyl (C=O) groups excluding carboxylic acids is 1. The van der Waals surface area contributed by atoms with Crippen LogP contribution >= 0.6 is 0 Å². The van der Waals surface area contributed by atoms with Gasteiger partial charge in [0, 0.05) is 12.1 Å². The molecule has 1 aromatic rings. The zero-order chi connectivity index (χ0) is 14.8. The largest absolute Gasteiger partial charge is 0.315 e. The van der Waals surface area contributed by atoms with E-state index < -0.39 is 5.41 Å². The quantitative estimate of drug-likeness (QED) is 0.844. The topological polar surface area (TPSA) is 53.8 Å². The smallest absolute Gasteiger partial charge is 0.212 e. The van der Waals surface area contributed by atoms with E-state index in [1.54, 1.807) is 0 Å². The number of nitrogens with one attached hydrogen (secondary N) is 1. The highest BCUT2D eigenvalue weighted by molar-refractivity contribution is 6.08. The number of rotatable bonds is 3. The molecule has 2 rings (SSSR count). The molecule has 0 spiro atoms. The molecule has 2 atom stereocenters. The Kier molecular flexibility index (Phi) is 3.75. The predicted molar refractivity (Wildman–Crippen MR) is 81.9 cm³/mol. The summed E-state index contributed by atoms with van der Waals surface area (Å²) in [6.45, 7) is 8.66. The summed E-state index contributed by atoms with van der Waals surface area (Å²) in [6.07, 6.45) is 2.50. The van der Waals surface area contributed by atoms with Crippen LogP contribution in [-0.2, 0) is 4.79 Å². The van der Waals surface area contributed by atoms with E-state index in [9.17, 15) is 4.79 Å². The van der Waals surface area contributed by atoms with Crippen LogP contribution in [0.1, 0.15) is 39.2 Å². The van der Waals surface area contributed by atoms with Crippen molar-refractivity contribution >= 4 is 18.5 Å². The van der Waals surface area contributed by atoms with Crippen molar-refractivity contribution in [2.24, 2.45) is 21.0 Å². The van der Waals surface area contributed by atoms with Gasteiger partial charge in [-0.2, -0.15) is 5.10 Å². The van der Waals surface area contributed by atoms with Crippen molar-refractivity contribution in [3.63, 3.8) is 0 Å². The molecule has 2 unspecified atom stereocenters. The summed E-state index contributed by atoms with van der Waals surface area (Å²) >= 11 is 0. The third kappa shape index (κ3) is 2.50. The number of benzene rings is 1. The Morgan fingerprint density at radius 3 is 2.45 bits per heavy atom. The number of hydrogen-bond donors (Lipinski definition) is 1. The first kappa shape index (κ1) is 14.4. The molecule has 1 aromatic carbocycles. The summed E-state index contributed by atoms with van der Waals surface area (Å²) in [7, 11) is 0. The van der Waals surface area contributed by atoms with Crippen molar-refractivity contribution < 1.29 is 4.79 Å². The van der Waals surface area contributed by atoms with Crippen molar-refractivity contribution in [3.8, 4) is 0 Å². The first-order valence-electron chi connectivity index (χ1n) is 6.77. The second-order valence-electron chi connectivity index (χ2n) is 6.45. The van der Waals surface area contributed by atoms with Gasteiger partial charge in [0.2, 0.25) is 6.41 Å². The van der Waals surface area contributed by atoms with Crippen LogP contribution in [0.5, 0.6) is 0 Å². The van der Waals surface area contributed by atoms with Crippen molar-refractivity contribution in [2.75, 3.05) is 0 Å². The maximum absolute atomic E-state index is 10.8. The number of amidine groups is 1. The Hall–Kier alpha value is -1.97. The summed E-state index contributed by atoms with van der Waals surface area (Å²) in [4.78, 5) is 10.8. The molecule has 0 bridgehead atoms. The fraction of sp³-hybridized carbons (Fsp3) is 0.438. The van der Waals surface area contributed by atoms with E-state index in [0.717, 1.165) is 0 Å². The van der Waals surface area contributed by atoms with E-state index >= 15 is 0 Å². The first-order chi connectivity index (χ1) is 9.39. The normalized spacial score (nSPS) is 23.3. The molecule has 0 saturated heterocycles. The van der Waals surface area contributed by atoms with Crippen LogP contribution < -0.4 is 5.32 Å². The highest BCUT2D eigenvalue weighted by atomic mass is 16.1. The molecule has 106 valence electrons. The van der Waals surface area contributed by atoms with E-state index in [0.29, 0.717) is 12.2 Å². The van der Waals surface area contributed by atoms with Crippen molar-refractivity contribution in [3.05, 3.63) is 35.9 Å². The molecule has 1 heterocycles. The second-order valence-corrected chi connectivity index (χ2v) is 6.45. The standard InChI is InChI=1S/C16H21N3O/c1-15(2,3)13(12-8-6-5-7-9-12)16(4)10-18-19-14(16)17-11-20/h5-11,13H,1-4H3,(H,17,19,20). The van der Waals surface area contributed by atoms with E-state index in [2.05, 4.69) is 55.3 Å². The molecule has 1 N–H and O–H groups in total. The Morgan fingerprint density at radius 2 is 1.90 bits per heavy atom. The van der Waals surface area contributed by atoms with Gasteiger partial charge in [-0.3, -0.25) is 4.79 Å². The van der Waals surface area contributed by atoms with Gasteiger partial charge in [0.05, 0.1) is 5.41 Å². The third-order valence-electron chi connectivity index (χ3n) is 3.79. The second kappa shape index (κ2) is 5.19. The van der Waals surface area contributed by atoms with Gasteiger partial charge in [-0.25, -0.2) is 0 Å². The molecule has 4 heteroatoms. The molecule has 0 radical (unpaired) electrons. The molecular formula is C16H21N3O. The van der Waals surface area contributed by atoms with Gasteiger partial charge in [-0.05, 0) is 17.9 Å². The van der Waals surface area contributed by atoms with E-state index in [1.807, 2.05) is 24.4 Å². The summed E-state index contributed by atoms with van der Waals surface area (Å²) in [5, 5.41) is 10.8. The zero-order valence-corrected chi connectivity index (χ0v) is 12.4. The van der Waals surface area contributed by atoms with Crippen LogP contribution in [0.4, 0.5) is 0 Å². The molecule has 4 nitrogen and oxygen atoms in total. The Balaban J connectivity index is 2.51. The lowest BCUT2D eigenvalue weighted by molar-refractivity contribution is -0.108. The number of hydrogen-bond acceptors (Lipinski definition) is 3. The monoisotopic (exact) mass is 271 g/mol. The summed E-state index contributed by atoms with van der Waals surface area (Å²) in [5.41, 5.74) is 0.800. The third-order valence-corrected chi connectivity index (χ3v) is 3.79. The van der Waals surface area contributed by atoms with Crippen molar-refractivity contribution in [1.82, 2.24) is 5.32 Å². The fourth-order valence-corrected chi connectivity index (χ4v) is 3.22. The minimum atomic E-state index is -0.416. The SMILES string of the molecule is CC(C)(C)C(c1ccccc1)C1(C)C=NN=C1NC=O. The van der Waals surface area contributed by atoms with Gasteiger partial charge in [-0.1, -0.05) is 51.1 Å². The molecule has 0 aromatic heterocycles. The average molecular weight is 271 g/mol. The van der Waals surface area contributed by atoms with Crippen LogP contribution in [-0.4, -0.2) is 18.5 Å². The summed E-state index contributed by atoms with van der Waals surface area (Å²) in [5.74, 6) is 0.768. The van der Waals surface area contributed by atoms with Crippen molar-refractivity contribution in [1.29, 1.82) is 0 Å². The van der Waals surface area contributed by atoms with Crippen LogP contribution in [0.15, 0.2) is 40.5 Å². The maximum atomic E-state index is 10.8.